The number of esters is 1. The highest BCUT2D eigenvalue weighted by molar-refractivity contribution is 5.84. The first kappa shape index (κ1) is 19.1. The van der Waals surface area contributed by atoms with Crippen LogP contribution < -0.4 is 5.76 Å². The maximum atomic E-state index is 12.8. The molecule has 9 nitrogen and oxygen atoms in total. The number of H-pyrrole nitrogens is 1. The molecular weight excluding hydrogens is 402 g/mol. The van der Waals surface area contributed by atoms with E-state index in [9.17, 15) is 14.4 Å². The Morgan fingerprint density at radius 3 is 2.42 bits per heavy atom. The molecule has 1 aliphatic heterocycles. The van der Waals surface area contributed by atoms with E-state index in [1.807, 2.05) is 36.4 Å². The van der Waals surface area contributed by atoms with Crippen LogP contribution in [-0.4, -0.2) is 46.5 Å². The molecule has 2 aromatic carbocycles. The molecule has 1 fully saturated rings. The zero-order chi connectivity index (χ0) is 21.4. The number of aromatic amines is 1. The monoisotopic (exact) mass is 421 g/mol. The number of amides is 1. The van der Waals surface area contributed by atoms with Gasteiger partial charge in [-0.2, -0.15) is 0 Å². The topological polar surface area (TPSA) is 115 Å². The molecule has 1 aliphatic carbocycles. The van der Waals surface area contributed by atoms with Gasteiger partial charge in [-0.25, -0.2) is 14.4 Å². The van der Waals surface area contributed by atoms with Crippen LogP contribution in [0.2, 0.25) is 0 Å². The lowest BCUT2D eigenvalue weighted by atomic mass is 9.98. The van der Waals surface area contributed by atoms with Crippen LogP contribution in [0.25, 0.3) is 11.1 Å². The maximum Gasteiger partial charge on any atom is 0.438 e. The fourth-order valence-corrected chi connectivity index (χ4v) is 4.22. The van der Waals surface area contributed by atoms with E-state index in [2.05, 4.69) is 26.8 Å². The second-order valence-electron chi connectivity index (χ2n) is 7.46. The molecule has 0 unspecified atom stereocenters. The maximum absolute atomic E-state index is 12.8. The van der Waals surface area contributed by atoms with Crippen molar-refractivity contribution in [3.05, 3.63) is 76.0 Å². The minimum atomic E-state index is -0.809. The molecule has 9 heteroatoms. The van der Waals surface area contributed by atoms with E-state index >= 15 is 0 Å². The van der Waals surface area contributed by atoms with Crippen LogP contribution in [0, 0.1) is 0 Å². The van der Waals surface area contributed by atoms with Gasteiger partial charge in [0.05, 0.1) is 0 Å². The Morgan fingerprint density at radius 1 is 1.10 bits per heavy atom. The molecule has 0 saturated carbocycles. The van der Waals surface area contributed by atoms with Gasteiger partial charge in [-0.3, -0.25) is 14.4 Å². The number of hydrogen-bond acceptors (Lipinski definition) is 7. The van der Waals surface area contributed by atoms with Gasteiger partial charge in [0.25, 0.3) is 0 Å². The zero-order valence-electron chi connectivity index (χ0n) is 16.4. The summed E-state index contributed by atoms with van der Waals surface area (Å²) < 4.78 is 15.1. The predicted molar refractivity (Wildman–Crippen MR) is 107 cm³/mol. The molecule has 1 atom stereocenters. The lowest BCUT2D eigenvalue weighted by Crippen LogP contribution is -2.39. The summed E-state index contributed by atoms with van der Waals surface area (Å²) in [7, 11) is 0. The number of benzene rings is 2. The number of rotatable bonds is 5. The van der Waals surface area contributed by atoms with E-state index in [4.69, 9.17) is 9.47 Å². The van der Waals surface area contributed by atoms with Crippen molar-refractivity contribution >= 4 is 12.1 Å². The average Bonchev–Trinajstić information content (AvgIpc) is 3.46. The SMILES string of the molecule is O=C1OCN(C(=O)OCC2c3ccccc3-c3ccccc32)[C@H]1CCc1noc(=O)[nH]1. The molecule has 0 radical (unpaired) electrons. The Bertz CT molecular complexity index is 1150. The second-order valence-corrected chi connectivity index (χ2v) is 7.46. The number of cyclic esters (lactones) is 1. The molecule has 31 heavy (non-hydrogen) atoms. The standard InChI is InChI=1S/C22H19N3O6/c26-20-18(9-10-19-23-21(27)31-24-19)25(12-30-20)22(28)29-11-17-15-7-3-1-5-13(15)14-6-2-4-8-16(14)17/h1-8,17-18H,9-12H2,(H,23,24,27)/t18-/m0/s1. The van der Waals surface area contributed by atoms with E-state index in [0.29, 0.717) is 5.82 Å². The van der Waals surface area contributed by atoms with Crippen molar-refractivity contribution in [3.8, 4) is 11.1 Å². The molecule has 1 N–H and O–H groups in total. The Labute approximate surface area is 176 Å². The van der Waals surface area contributed by atoms with Crippen molar-refractivity contribution in [2.24, 2.45) is 0 Å². The molecule has 2 heterocycles. The van der Waals surface area contributed by atoms with Gasteiger partial charge in [-0.05, 0) is 28.7 Å². The van der Waals surface area contributed by atoms with Crippen LogP contribution in [0.3, 0.4) is 0 Å². The number of carbonyl (C=O) groups is 2. The third kappa shape index (κ3) is 3.48. The van der Waals surface area contributed by atoms with Gasteiger partial charge < -0.3 is 9.47 Å². The van der Waals surface area contributed by atoms with Crippen LogP contribution in [0.1, 0.15) is 29.3 Å². The number of ether oxygens (including phenoxy) is 2. The molecule has 158 valence electrons. The minimum Gasteiger partial charge on any atom is -0.448 e. The first-order valence-electron chi connectivity index (χ1n) is 9.95. The quantitative estimate of drug-likeness (QED) is 0.629. The van der Waals surface area contributed by atoms with E-state index in [-0.39, 0.29) is 32.1 Å². The van der Waals surface area contributed by atoms with E-state index in [0.717, 1.165) is 22.3 Å². The summed E-state index contributed by atoms with van der Waals surface area (Å²) in [6.07, 6.45) is -0.143. The minimum absolute atomic E-state index is 0.0748. The van der Waals surface area contributed by atoms with E-state index in [1.54, 1.807) is 0 Å². The number of aromatic nitrogens is 2. The molecule has 0 spiro atoms. The first-order valence-corrected chi connectivity index (χ1v) is 9.95. The second kappa shape index (κ2) is 7.75. The van der Waals surface area contributed by atoms with Gasteiger partial charge >= 0.3 is 17.8 Å². The van der Waals surface area contributed by atoms with Gasteiger partial charge in [-0.1, -0.05) is 53.7 Å². The molecule has 3 aromatic rings. The highest BCUT2D eigenvalue weighted by Gasteiger charge is 2.39. The third-order valence-electron chi connectivity index (χ3n) is 5.70. The van der Waals surface area contributed by atoms with Crippen LogP contribution in [0.4, 0.5) is 4.79 Å². The smallest absolute Gasteiger partial charge is 0.438 e. The van der Waals surface area contributed by atoms with Crippen LogP contribution >= 0.6 is 0 Å². The lowest BCUT2D eigenvalue weighted by Gasteiger charge is -2.21. The molecule has 5 rings (SSSR count). The van der Waals surface area contributed by atoms with Gasteiger partial charge in [0.1, 0.15) is 12.6 Å². The van der Waals surface area contributed by atoms with Gasteiger partial charge in [0.15, 0.2) is 12.6 Å². The average molecular weight is 421 g/mol. The number of hydrogen-bond donors (Lipinski definition) is 1. The fourth-order valence-electron chi connectivity index (χ4n) is 4.22. The Balaban J connectivity index is 1.28. The van der Waals surface area contributed by atoms with E-state index in [1.165, 1.54) is 4.90 Å². The lowest BCUT2D eigenvalue weighted by molar-refractivity contribution is -0.139. The van der Waals surface area contributed by atoms with E-state index < -0.39 is 23.9 Å². The normalized spacial score (nSPS) is 17.4. The number of aryl methyl sites for hydroxylation is 1. The highest BCUT2D eigenvalue weighted by atomic mass is 16.6. The summed E-state index contributed by atoms with van der Waals surface area (Å²) in [6.45, 7) is -0.0175. The summed E-state index contributed by atoms with van der Waals surface area (Å²) in [5, 5.41) is 3.57. The third-order valence-corrected chi connectivity index (χ3v) is 5.70. The van der Waals surface area contributed by atoms with Crippen LogP contribution in [0.5, 0.6) is 0 Å². The summed E-state index contributed by atoms with van der Waals surface area (Å²) in [5.74, 6) is -0.955. The van der Waals surface area contributed by atoms with Crippen LogP contribution in [0.15, 0.2) is 57.8 Å². The number of nitrogens with one attached hydrogen (secondary N) is 1. The van der Waals surface area contributed by atoms with Crippen molar-refractivity contribution < 1.29 is 23.6 Å². The van der Waals surface area contributed by atoms with Gasteiger partial charge in [0.2, 0.25) is 0 Å². The Kier molecular flexibility index (Phi) is 4.78. The van der Waals surface area contributed by atoms with Crippen molar-refractivity contribution in [1.82, 2.24) is 15.0 Å². The molecule has 1 aromatic heterocycles. The molecule has 1 amide bonds. The van der Waals surface area contributed by atoms with Crippen molar-refractivity contribution in [3.63, 3.8) is 0 Å². The zero-order valence-corrected chi connectivity index (χ0v) is 16.4. The van der Waals surface area contributed by atoms with Gasteiger partial charge in [0, 0.05) is 12.3 Å². The molecular formula is C22H19N3O6. The summed E-state index contributed by atoms with van der Waals surface area (Å²) >= 11 is 0. The van der Waals surface area contributed by atoms with Crippen molar-refractivity contribution in [1.29, 1.82) is 0 Å². The Morgan fingerprint density at radius 2 is 1.77 bits per heavy atom. The number of fused-ring (bicyclic) bond motifs is 3. The predicted octanol–water partition coefficient (Wildman–Crippen LogP) is 2.43. The fraction of sp³-hybridized carbons (Fsp3) is 0.273. The Hall–Kier alpha value is -3.88. The summed E-state index contributed by atoms with van der Waals surface area (Å²) in [4.78, 5) is 39.6. The number of nitrogens with zero attached hydrogens (tertiary/aromatic N) is 2. The number of carbonyl (C=O) groups excluding carboxylic acids is 2. The van der Waals surface area contributed by atoms with Crippen LogP contribution in [-0.2, 0) is 20.7 Å². The molecule has 1 saturated heterocycles. The van der Waals surface area contributed by atoms with Crippen molar-refractivity contribution in [2.75, 3.05) is 13.3 Å². The largest absolute Gasteiger partial charge is 0.448 e. The summed E-state index contributed by atoms with van der Waals surface area (Å²) in [6, 6.07) is 15.3. The van der Waals surface area contributed by atoms with Crippen molar-refractivity contribution in [2.45, 2.75) is 24.8 Å². The highest BCUT2D eigenvalue weighted by Crippen LogP contribution is 2.44. The molecule has 0 bridgehead atoms. The first-order chi connectivity index (χ1) is 15.1. The summed E-state index contributed by atoms with van der Waals surface area (Å²) in [5.41, 5.74) is 4.49. The van der Waals surface area contributed by atoms with Gasteiger partial charge in [-0.15, -0.1) is 0 Å². The molecule has 2 aliphatic rings.